The van der Waals surface area contributed by atoms with Crippen LogP contribution in [0.4, 0.5) is 11.4 Å². The van der Waals surface area contributed by atoms with E-state index in [0.29, 0.717) is 25.1 Å². The number of hydrogen-bond acceptors (Lipinski definition) is 4. The number of benzene rings is 1. The molecule has 6 heteroatoms. The van der Waals surface area contributed by atoms with Crippen molar-refractivity contribution in [1.82, 2.24) is 4.98 Å². The molecule has 2 aliphatic heterocycles. The van der Waals surface area contributed by atoms with Crippen LogP contribution in [-0.2, 0) is 16.0 Å². The van der Waals surface area contributed by atoms with Crippen molar-refractivity contribution in [2.24, 2.45) is 0 Å². The second-order valence-electron chi connectivity index (χ2n) is 6.19. The maximum Gasteiger partial charge on any atom is 0.237 e. The third kappa shape index (κ3) is 3.14. The smallest absolute Gasteiger partial charge is 0.237 e. The summed E-state index contributed by atoms with van der Waals surface area (Å²) in [6, 6.07) is 11.8. The lowest BCUT2D eigenvalue weighted by Crippen LogP contribution is -2.37. The lowest BCUT2D eigenvalue weighted by molar-refractivity contribution is -0.119. The quantitative estimate of drug-likeness (QED) is 0.848. The van der Waals surface area contributed by atoms with Crippen LogP contribution < -0.4 is 9.80 Å². The fraction of sp³-hybridized carbons (Fsp3) is 0.316. The van der Waals surface area contributed by atoms with E-state index in [1.54, 1.807) is 11.1 Å². The van der Waals surface area contributed by atoms with E-state index in [0.717, 1.165) is 29.4 Å². The summed E-state index contributed by atoms with van der Waals surface area (Å²) in [5.74, 6) is 0.636. The molecule has 5 nitrogen and oxygen atoms in total. The van der Waals surface area contributed by atoms with E-state index in [2.05, 4.69) is 11.1 Å². The van der Waals surface area contributed by atoms with Gasteiger partial charge in [0, 0.05) is 31.4 Å². The van der Waals surface area contributed by atoms with Crippen LogP contribution in [0.5, 0.6) is 0 Å². The Morgan fingerprint density at radius 3 is 2.92 bits per heavy atom. The molecule has 3 heterocycles. The molecule has 0 bridgehead atoms. The summed E-state index contributed by atoms with van der Waals surface area (Å²) < 4.78 is 0. The lowest BCUT2D eigenvalue weighted by atomic mass is 10.2. The number of carbonyl (C=O) groups is 2. The summed E-state index contributed by atoms with van der Waals surface area (Å²) in [7, 11) is 0. The molecule has 0 saturated heterocycles. The van der Waals surface area contributed by atoms with Gasteiger partial charge < -0.3 is 9.80 Å². The zero-order valence-electron chi connectivity index (χ0n) is 13.9. The zero-order valence-corrected chi connectivity index (χ0v) is 14.7. The van der Waals surface area contributed by atoms with E-state index in [1.165, 1.54) is 17.3 Å². The molecule has 128 valence electrons. The Balaban J connectivity index is 1.38. The number of pyridine rings is 1. The highest BCUT2D eigenvalue weighted by atomic mass is 32.2. The summed E-state index contributed by atoms with van der Waals surface area (Å²) in [6.45, 7) is 1.31. The van der Waals surface area contributed by atoms with Crippen molar-refractivity contribution in [1.29, 1.82) is 0 Å². The Morgan fingerprint density at radius 2 is 2.00 bits per heavy atom. The van der Waals surface area contributed by atoms with Crippen LogP contribution in [-0.4, -0.2) is 35.6 Å². The fourth-order valence-electron chi connectivity index (χ4n) is 3.41. The van der Waals surface area contributed by atoms with Crippen LogP contribution in [0.2, 0.25) is 0 Å². The van der Waals surface area contributed by atoms with Crippen molar-refractivity contribution in [3.05, 3.63) is 48.2 Å². The van der Waals surface area contributed by atoms with Gasteiger partial charge in [0.15, 0.2) is 0 Å². The van der Waals surface area contributed by atoms with Gasteiger partial charge in [-0.3, -0.25) is 9.59 Å². The maximum absolute atomic E-state index is 12.6. The largest absolute Gasteiger partial charge is 0.312 e. The van der Waals surface area contributed by atoms with Crippen LogP contribution in [0.3, 0.4) is 0 Å². The number of aromatic nitrogens is 1. The van der Waals surface area contributed by atoms with Gasteiger partial charge in [-0.2, -0.15) is 0 Å². The lowest BCUT2D eigenvalue weighted by Gasteiger charge is -2.28. The van der Waals surface area contributed by atoms with E-state index in [-0.39, 0.29) is 11.8 Å². The minimum absolute atomic E-state index is 0.0875. The molecule has 2 aliphatic rings. The highest BCUT2D eigenvalue weighted by molar-refractivity contribution is 8.00. The van der Waals surface area contributed by atoms with Crippen molar-refractivity contribution < 1.29 is 9.59 Å². The summed E-state index contributed by atoms with van der Waals surface area (Å²) in [5, 5.41) is 0.891. The molecule has 0 saturated carbocycles. The average molecular weight is 353 g/mol. The van der Waals surface area contributed by atoms with Crippen molar-refractivity contribution in [2.45, 2.75) is 24.3 Å². The maximum atomic E-state index is 12.6. The topological polar surface area (TPSA) is 53.5 Å². The number of thioether (sulfide) groups is 1. The molecule has 2 amide bonds. The first-order valence-corrected chi connectivity index (χ1v) is 9.49. The van der Waals surface area contributed by atoms with E-state index in [4.69, 9.17) is 0 Å². The summed E-state index contributed by atoms with van der Waals surface area (Å²) in [4.78, 5) is 32.8. The molecule has 0 atom stereocenters. The molecule has 0 radical (unpaired) electrons. The first-order chi connectivity index (χ1) is 12.2. The standard InChI is InChI=1S/C19H19N3O2S/c23-17(22-12-9-14-5-1-2-6-15(14)22)8-4-11-21-16-7-3-10-20-19(16)25-13-18(21)24/h1-3,5-7,10H,4,8-9,11-13H2. The van der Waals surface area contributed by atoms with Crippen LogP contribution in [0.15, 0.2) is 47.6 Å². The Labute approximate surface area is 151 Å². The van der Waals surface area contributed by atoms with Crippen molar-refractivity contribution in [2.75, 3.05) is 28.6 Å². The SMILES string of the molecule is O=C(CCCN1C(=O)CSc2ncccc21)N1CCc2ccccc21. The molecule has 25 heavy (non-hydrogen) atoms. The molecule has 4 rings (SSSR count). The molecule has 0 unspecified atom stereocenters. The summed E-state index contributed by atoms with van der Waals surface area (Å²) in [6.07, 6.45) is 3.76. The monoisotopic (exact) mass is 353 g/mol. The van der Waals surface area contributed by atoms with Gasteiger partial charge in [-0.15, -0.1) is 0 Å². The minimum atomic E-state index is 0.0875. The van der Waals surface area contributed by atoms with Gasteiger partial charge in [0.2, 0.25) is 11.8 Å². The van der Waals surface area contributed by atoms with Crippen molar-refractivity contribution in [3.8, 4) is 0 Å². The summed E-state index contributed by atoms with van der Waals surface area (Å²) in [5.41, 5.74) is 3.13. The Bertz CT molecular complexity index is 824. The molecule has 1 aromatic carbocycles. The number of fused-ring (bicyclic) bond motifs is 2. The third-order valence-corrected chi connectivity index (χ3v) is 5.62. The van der Waals surface area contributed by atoms with E-state index in [9.17, 15) is 9.59 Å². The number of amides is 2. The predicted octanol–water partition coefficient (Wildman–Crippen LogP) is 2.89. The average Bonchev–Trinajstić information content (AvgIpc) is 3.07. The number of rotatable bonds is 4. The molecule has 0 N–H and O–H groups in total. The summed E-state index contributed by atoms with van der Waals surface area (Å²) >= 11 is 1.48. The van der Waals surface area contributed by atoms with Gasteiger partial charge in [0.1, 0.15) is 5.03 Å². The highest BCUT2D eigenvalue weighted by Gasteiger charge is 2.27. The fourth-order valence-corrected chi connectivity index (χ4v) is 4.28. The van der Waals surface area contributed by atoms with Crippen LogP contribution in [0.1, 0.15) is 18.4 Å². The van der Waals surface area contributed by atoms with Gasteiger partial charge in [0.25, 0.3) is 0 Å². The van der Waals surface area contributed by atoms with Gasteiger partial charge in [0.05, 0.1) is 11.4 Å². The zero-order chi connectivity index (χ0) is 17.2. The Kier molecular flexibility index (Phi) is 4.44. The predicted molar refractivity (Wildman–Crippen MR) is 99.0 cm³/mol. The number of anilines is 2. The highest BCUT2D eigenvalue weighted by Crippen LogP contribution is 2.33. The van der Waals surface area contributed by atoms with Gasteiger partial charge >= 0.3 is 0 Å². The number of nitrogens with zero attached hydrogens (tertiary/aromatic N) is 3. The van der Waals surface area contributed by atoms with Crippen LogP contribution in [0.25, 0.3) is 0 Å². The molecule has 0 fully saturated rings. The van der Waals surface area contributed by atoms with Gasteiger partial charge in [-0.1, -0.05) is 30.0 Å². The first kappa shape index (κ1) is 16.1. The van der Waals surface area contributed by atoms with E-state index >= 15 is 0 Å². The van der Waals surface area contributed by atoms with Crippen LogP contribution in [0, 0.1) is 0 Å². The number of para-hydroxylation sites is 1. The minimum Gasteiger partial charge on any atom is -0.312 e. The van der Waals surface area contributed by atoms with E-state index < -0.39 is 0 Å². The molecule has 0 spiro atoms. The molecule has 2 aromatic rings. The van der Waals surface area contributed by atoms with Crippen LogP contribution >= 0.6 is 11.8 Å². The first-order valence-electron chi connectivity index (χ1n) is 8.50. The number of carbonyl (C=O) groups excluding carboxylic acids is 2. The molecule has 1 aromatic heterocycles. The third-order valence-electron chi connectivity index (χ3n) is 4.64. The van der Waals surface area contributed by atoms with Gasteiger partial charge in [-0.25, -0.2) is 4.98 Å². The molecule has 0 aliphatic carbocycles. The van der Waals surface area contributed by atoms with E-state index in [1.807, 2.05) is 35.2 Å². The van der Waals surface area contributed by atoms with Crippen molar-refractivity contribution in [3.63, 3.8) is 0 Å². The number of hydrogen-bond donors (Lipinski definition) is 0. The second-order valence-corrected chi connectivity index (χ2v) is 7.15. The Morgan fingerprint density at radius 1 is 1.16 bits per heavy atom. The van der Waals surface area contributed by atoms with Crippen molar-refractivity contribution >= 4 is 35.0 Å². The Hall–Kier alpha value is -2.34. The molecular weight excluding hydrogens is 334 g/mol. The second kappa shape index (κ2) is 6.88. The normalized spacial score (nSPS) is 15.9. The molecular formula is C19H19N3O2S. The van der Waals surface area contributed by atoms with Gasteiger partial charge in [-0.05, 0) is 36.6 Å².